The molecular formula is C10H13KMn3NO13. The summed E-state index contributed by atoms with van der Waals surface area (Å²) < 4.78 is 103. The predicted octanol–water partition coefficient (Wildman–Crippen LogP) is -6.79. The molecule has 2 aliphatic rings. The molecule has 0 aromatic rings. The monoisotopic (exact) mass is 559 g/mol. The fourth-order valence-electron chi connectivity index (χ4n) is 1.13. The van der Waals surface area contributed by atoms with Gasteiger partial charge in [0.25, 0.3) is 0 Å². The Morgan fingerprint density at radius 3 is 1.43 bits per heavy atom. The molecule has 0 aromatic carbocycles. The van der Waals surface area contributed by atoms with Crippen LogP contribution >= 0.6 is 0 Å². The summed E-state index contributed by atoms with van der Waals surface area (Å²) in [5.74, 6) is 0. The number of dihydropyridines is 1. The van der Waals surface area contributed by atoms with Gasteiger partial charge in [-0.2, -0.15) is 0 Å². The first-order chi connectivity index (χ1) is 11.5. The van der Waals surface area contributed by atoms with Crippen molar-refractivity contribution in [3.05, 3.63) is 60.0 Å². The van der Waals surface area contributed by atoms with Crippen molar-refractivity contribution in [3.63, 3.8) is 0 Å². The standard InChI is InChI=1S/C10H9N.K.3Mn.H4O.12O/c1-2-5-9-6-4-8-11-10(9)7-3-1;;;;;;;;;;;;;;;;;/h1-8,11H;;;;;1H4;;;;;;;;;;;;/q;+1;;;;+2;;;;;;;;;;3*-1. The van der Waals surface area contributed by atoms with Gasteiger partial charge >= 0.3 is 137 Å². The van der Waals surface area contributed by atoms with Crippen molar-refractivity contribution >= 4 is 0 Å². The van der Waals surface area contributed by atoms with Crippen molar-refractivity contribution in [2.75, 3.05) is 0 Å². The molecule has 1 aliphatic carbocycles. The van der Waals surface area contributed by atoms with Gasteiger partial charge in [0, 0.05) is 11.9 Å². The summed E-state index contributed by atoms with van der Waals surface area (Å²) in [6, 6.07) is 0. The van der Waals surface area contributed by atoms with Crippen LogP contribution in [0.1, 0.15) is 0 Å². The summed E-state index contributed by atoms with van der Waals surface area (Å²) in [6.07, 6.45) is 16.3. The van der Waals surface area contributed by atoms with Crippen molar-refractivity contribution in [1.29, 1.82) is 0 Å². The van der Waals surface area contributed by atoms with E-state index in [0.29, 0.717) is 0 Å². The molecule has 2 rings (SSSR count). The molecule has 14 nitrogen and oxygen atoms in total. The van der Waals surface area contributed by atoms with Crippen molar-refractivity contribution in [1.82, 2.24) is 5.32 Å². The van der Waals surface area contributed by atoms with E-state index < -0.39 is 38.9 Å². The fraction of sp³-hybridized carbons (Fsp3) is 0. The van der Waals surface area contributed by atoms with E-state index in [1.54, 1.807) is 0 Å². The van der Waals surface area contributed by atoms with E-state index in [-0.39, 0.29) is 56.9 Å². The molecule has 0 radical (unpaired) electrons. The number of hydrogen-bond acceptors (Lipinski definition) is 13. The third-order valence-corrected chi connectivity index (χ3v) is 1.68. The molecule has 0 saturated heterocycles. The van der Waals surface area contributed by atoms with Crippen LogP contribution < -0.4 is 69.3 Å². The molecule has 1 aliphatic heterocycles. The number of fused-ring (bicyclic) bond motifs is 1. The molecule has 5 N–H and O–H groups in total. The third kappa shape index (κ3) is 44.9. The van der Waals surface area contributed by atoms with Gasteiger partial charge in [-0.3, -0.25) is 0 Å². The molecule has 158 valence electrons. The van der Waals surface area contributed by atoms with Crippen LogP contribution in [0.15, 0.2) is 60.0 Å². The van der Waals surface area contributed by atoms with Gasteiger partial charge in [-0.05, 0) is 17.7 Å². The topological polar surface area (TPSA) is 269 Å². The van der Waals surface area contributed by atoms with E-state index in [2.05, 4.69) is 23.5 Å². The Morgan fingerprint density at radius 2 is 1.04 bits per heavy atom. The number of allylic oxidation sites excluding steroid dienone is 7. The zero-order valence-electron chi connectivity index (χ0n) is 13.9. The summed E-state index contributed by atoms with van der Waals surface area (Å²) in [5.41, 5.74) is 2.40. The Kier molecular flexibility index (Phi) is 20.8. The molecule has 0 bridgehead atoms. The van der Waals surface area contributed by atoms with Crippen molar-refractivity contribution < 1.29 is 143 Å². The number of hydrogen-bond donors (Lipinski definition) is 1. The summed E-state index contributed by atoms with van der Waals surface area (Å²) in [5, 5.41) is 3.17. The Morgan fingerprint density at radius 1 is 0.643 bits per heavy atom. The van der Waals surface area contributed by atoms with E-state index in [9.17, 15) is 0 Å². The zero-order chi connectivity index (χ0) is 21.0. The van der Waals surface area contributed by atoms with E-state index in [1.165, 1.54) is 5.57 Å². The Hall–Kier alpha value is -0.265. The Bertz CT molecular complexity index is 983. The molecule has 0 atom stereocenters. The molecule has 0 spiro atoms. The first-order valence-electron chi connectivity index (χ1n) is 5.51. The zero-order valence-corrected chi connectivity index (χ0v) is 20.5. The van der Waals surface area contributed by atoms with E-state index in [4.69, 9.17) is 47.1 Å². The second-order valence-electron chi connectivity index (χ2n) is 3.58. The number of nitrogens with one attached hydrogen (secondary N) is 1. The van der Waals surface area contributed by atoms with Gasteiger partial charge in [0.2, 0.25) is 0 Å². The van der Waals surface area contributed by atoms with Crippen LogP contribution in [0.25, 0.3) is 0 Å². The average molecular weight is 559 g/mol. The first kappa shape index (κ1) is 35.2. The second-order valence-corrected chi connectivity index (χ2v) is 7.12. The third-order valence-electron chi connectivity index (χ3n) is 1.68. The van der Waals surface area contributed by atoms with Gasteiger partial charge in [0.05, 0.1) is 0 Å². The summed E-state index contributed by atoms with van der Waals surface area (Å²) in [6.45, 7) is 0. The van der Waals surface area contributed by atoms with Crippen LogP contribution in [-0.4, -0.2) is 0 Å². The van der Waals surface area contributed by atoms with Crippen LogP contribution in [-0.2, 0) is 78.9 Å². The van der Waals surface area contributed by atoms with Crippen LogP contribution in [0.4, 0.5) is 0 Å². The minimum absolute atomic E-state index is 0. The molecule has 18 heteroatoms. The van der Waals surface area contributed by atoms with Gasteiger partial charge in [-0.25, -0.2) is 0 Å². The molecular weight excluding hydrogens is 546 g/mol. The minimum atomic E-state index is -5.62. The van der Waals surface area contributed by atoms with Crippen molar-refractivity contribution in [2.45, 2.75) is 0 Å². The fourth-order valence-corrected chi connectivity index (χ4v) is 1.13. The summed E-state index contributed by atoms with van der Waals surface area (Å²) in [7, 11) is 0. The summed E-state index contributed by atoms with van der Waals surface area (Å²) >= 11 is -16.9. The summed E-state index contributed by atoms with van der Waals surface area (Å²) in [4.78, 5) is 0. The second kappa shape index (κ2) is 16.5. The maximum atomic E-state index is 8.58. The van der Waals surface area contributed by atoms with Crippen molar-refractivity contribution in [2.24, 2.45) is 0 Å². The van der Waals surface area contributed by atoms with Crippen LogP contribution in [0.5, 0.6) is 0 Å². The number of rotatable bonds is 0. The molecule has 0 saturated carbocycles. The van der Waals surface area contributed by atoms with Gasteiger partial charge in [-0.1, -0.05) is 30.4 Å². The van der Waals surface area contributed by atoms with Crippen LogP contribution in [0, 0.1) is 0 Å². The van der Waals surface area contributed by atoms with Gasteiger partial charge in [0.1, 0.15) is 0 Å². The SMILES string of the molecule is C1=CC=C2NC=CC=C2C=C1.[K+].[OH4+2].[O]=[Mn](=[O])(=[O])[O-].[O]=[Mn](=[O])(=[O])[O-].[O]=[Mn](=[O])(=[O])[O-]. The van der Waals surface area contributed by atoms with Crippen LogP contribution in [0.2, 0.25) is 0 Å². The molecule has 1 heterocycles. The maximum absolute atomic E-state index is 8.58. The normalized spacial score (nSPS) is 13.8. The average Bonchev–Trinajstić information content (AvgIpc) is 2.57. The van der Waals surface area contributed by atoms with Gasteiger partial charge in [0.15, 0.2) is 0 Å². The molecule has 0 aromatic heterocycles. The first-order valence-corrected chi connectivity index (χ1v) is 11.3. The van der Waals surface area contributed by atoms with E-state index in [0.717, 1.165) is 5.70 Å². The van der Waals surface area contributed by atoms with Gasteiger partial charge in [-0.15, -0.1) is 0 Å². The Labute approximate surface area is 205 Å². The quantitative estimate of drug-likeness (QED) is 0.271. The van der Waals surface area contributed by atoms with E-state index >= 15 is 0 Å². The predicted molar refractivity (Wildman–Crippen MR) is 59.2 cm³/mol. The van der Waals surface area contributed by atoms with Crippen molar-refractivity contribution in [3.8, 4) is 0 Å². The molecule has 0 amide bonds. The van der Waals surface area contributed by atoms with E-state index in [1.807, 2.05) is 30.5 Å². The molecule has 28 heavy (non-hydrogen) atoms. The van der Waals surface area contributed by atoms with Gasteiger partial charge < -0.3 is 10.8 Å². The van der Waals surface area contributed by atoms with Crippen LogP contribution in [0.3, 0.4) is 0 Å². The molecule has 0 fully saturated rings. The Balaban J connectivity index is -0.000000147. The molecule has 0 unspecified atom stereocenters.